The van der Waals surface area contributed by atoms with Gasteiger partial charge in [-0.2, -0.15) is 4.98 Å². The molecule has 0 radical (unpaired) electrons. The fourth-order valence-corrected chi connectivity index (χ4v) is 3.07. The van der Waals surface area contributed by atoms with Crippen LogP contribution in [0.4, 0.5) is 0 Å². The molecule has 1 aromatic heterocycles. The fourth-order valence-electron chi connectivity index (χ4n) is 3.07. The van der Waals surface area contributed by atoms with E-state index in [1.807, 2.05) is 31.2 Å². The summed E-state index contributed by atoms with van der Waals surface area (Å²) in [4.78, 5) is 29.6. The maximum atomic E-state index is 12.3. The smallest absolute Gasteiger partial charge is 0.227 e. The first-order valence-electron chi connectivity index (χ1n) is 8.50. The molecule has 1 aliphatic rings. The summed E-state index contributed by atoms with van der Waals surface area (Å²) in [5, 5.41) is 4.00. The zero-order valence-electron chi connectivity index (χ0n) is 14.3. The number of benzene rings is 1. The first kappa shape index (κ1) is 17.1. The van der Waals surface area contributed by atoms with Crippen molar-refractivity contribution in [3.63, 3.8) is 0 Å². The largest absolute Gasteiger partial charge is 0.369 e. The number of aromatic nitrogens is 2. The number of piperidine rings is 1. The van der Waals surface area contributed by atoms with Gasteiger partial charge in [0.15, 0.2) is 0 Å². The maximum absolute atomic E-state index is 12.3. The monoisotopic (exact) mass is 342 g/mol. The van der Waals surface area contributed by atoms with E-state index in [9.17, 15) is 9.59 Å². The third-order valence-electron chi connectivity index (χ3n) is 4.66. The highest BCUT2D eigenvalue weighted by Gasteiger charge is 2.25. The molecule has 1 saturated heterocycles. The van der Waals surface area contributed by atoms with E-state index in [1.54, 1.807) is 4.90 Å². The average molecular weight is 342 g/mol. The highest BCUT2D eigenvalue weighted by atomic mass is 16.5. The van der Waals surface area contributed by atoms with Gasteiger partial charge in [0, 0.05) is 37.4 Å². The normalized spacial score (nSPS) is 15.3. The standard InChI is InChI=1S/C18H22N4O3/c1-12-4-2-3-5-14(12)18-20-15(25-21-18)6-7-16(23)22-10-8-13(9-11-22)17(19)24/h2-5,13H,6-11H2,1H3,(H2,19,24). The lowest BCUT2D eigenvalue weighted by atomic mass is 9.96. The summed E-state index contributed by atoms with van der Waals surface area (Å²) in [5.74, 6) is 0.651. The highest BCUT2D eigenvalue weighted by Crippen LogP contribution is 2.21. The van der Waals surface area contributed by atoms with E-state index in [1.165, 1.54) is 0 Å². The maximum Gasteiger partial charge on any atom is 0.227 e. The summed E-state index contributed by atoms with van der Waals surface area (Å²) in [6, 6.07) is 7.82. The van der Waals surface area contributed by atoms with Crippen molar-refractivity contribution in [3.05, 3.63) is 35.7 Å². The van der Waals surface area contributed by atoms with Gasteiger partial charge in [-0.1, -0.05) is 29.4 Å². The van der Waals surface area contributed by atoms with E-state index in [0.29, 0.717) is 50.5 Å². The third kappa shape index (κ3) is 4.04. The summed E-state index contributed by atoms with van der Waals surface area (Å²) in [6.07, 6.45) is 2.00. The SMILES string of the molecule is Cc1ccccc1-c1noc(CCC(=O)N2CCC(C(N)=O)CC2)n1. The molecule has 0 aliphatic carbocycles. The molecule has 1 aromatic carbocycles. The van der Waals surface area contributed by atoms with Crippen molar-refractivity contribution >= 4 is 11.8 Å². The molecule has 1 aliphatic heterocycles. The molecule has 0 atom stereocenters. The van der Waals surface area contributed by atoms with Gasteiger partial charge >= 0.3 is 0 Å². The van der Waals surface area contributed by atoms with Crippen LogP contribution in [0.1, 0.15) is 30.7 Å². The Hall–Kier alpha value is -2.70. The zero-order valence-corrected chi connectivity index (χ0v) is 14.3. The molecular formula is C18H22N4O3. The molecular weight excluding hydrogens is 320 g/mol. The Labute approximate surface area is 146 Å². The van der Waals surface area contributed by atoms with Crippen LogP contribution in [0.3, 0.4) is 0 Å². The Morgan fingerprint density at radius 1 is 1.28 bits per heavy atom. The number of nitrogens with zero attached hydrogens (tertiary/aromatic N) is 3. The zero-order chi connectivity index (χ0) is 17.8. The number of nitrogens with two attached hydrogens (primary N) is 1. The van der Waals surface area contributed by atoms with Crippen LogP contribution in [0.2, 0.25) is 0 Å². The van der Waals surface area contributed by atoms with Crippen molar-refractivity contribution in [2.45, 2.75) is 32.6 Å². The number of aryl methyl sites for hydroxylation is 2. The van der Waals surface area contributed by atoms with E-state index in [2.05, 4.69) is 10.1 Å². The molecule has 0 saturated carbocycles. The van der Waals surface area contributed by atoms with Gasteiger partial charge in [0.05, 0.1) is 0 Å². The lowest BCUT2D eigenvalue weighted by Gasteiger charge is -2.30. The van der Waals surface area contributed by atoms with Crippen molar-refractivity contribution in [1.82, 2.24) is 15.0 Å². The molecule has 7 heteroatoms. The Bertz CT molecular complexity index is 763. The molecule has 2 N–H and O–H groups in total. The number of likely N-dealkylation sites (tertiary alicyclic amines) is 1. The van der Waals surface area contributed by atoms with Gasteiger partial charge in [-0.25, -0.2) is 0 Å². The summed E-state index contributed by atoms with van der Waals surface area (Å²) in [5.41, 5.74) is 7.31. The molecule has 0 unspecified atom stereocenters. The highest BCUT2D eigenvalue weighted by molar-refractivity contribution is 5.79. The first-order valence-corrected chi connectivity index (χ1v) is 8.50. The summed E-state index contributed by atoms with van der Waals surface area (Å²) >= 11 is 0. The van der Waals surface area contributed by atoms with Crippen LogP contribution in [-0.4, -0.2) is 39.9 Å². The molecule has 2 aromatic rings. The minimum Gasteiger partial charge on any atom is -0.369 e. The summed E-state index contributed by atoms with van der Waals surface area (Å²) in [6.45, 7) is 3.14. The van der Waals surface area contributed by atoms with Crippen molar-refractivity contribution in [2.24, 2.45) is 11.7 Å². The number of hydrogen-bond donors (Lipinski definition) is 1. The lowest BCUT2D eigenvalue weighted by Crippen LogP contribution is -2.41. The van der Waals surface area contributed by atoms with Crippen molar-refractivity contribution in [1.29, 1.82) is 0 Å². The van der Waals surface area contributed by atoms with Gasteiger partial charge in [0.1, 0.15) is 0 Å². The van der Waals surface area contributed by atoms with Crippen molar-refractivity contribution < 1.29 is 14.1 Å². The molecule has 2 amide bonds. The van der Waals surface area contributed by atoms with Crippen LogP contribution in [0, 0.1) is 12.8 Å². The lowest BCUT2D eigenvalue weighted by molar-refractivity contribution is -0.134. The molecule has 132 valence electrons. The van der Waals surface area contributed by atoms with Crippen LogP contribution >= 0.6 is 0 Å². The number of rotatable bonds is 5. The van der Waals surface area contributed by atoms with Gasteiger partial charge < -0.3 is 15.2 Å². The predicted molar refractivity (Wildman–Crippen MR) is 91.3 cm³/mol. The quantitative estimate of drug-likeness (QED) is 0.891. The topological polar surface area (TPSA) is 102 Å². The second kappa shape index (κ2) is 7.46. The number of carbonyl (C=O) groups is 2. The van der Waals surface area contributed by atoms with E-state index in [0.717, 1.165) is 11.1 Å². The van der Waals surface area contributed by atoms with Crippen LogP contribution in [-0.2, 0) is 16.0 Å². The summed E-state index contributed by atoms with van der Waals surface area (Å²) in [7, 11) is 0. The van der Waals surface area contributed by atoms with E-state index < -0.39 is 0 Å². The van der Waals surface area contributed by atoms with Crippen LogP contribution in [0.25, 0.3) is 11.4 Å². The molecule has 25 heavy (non-hydrogen) atoms. The van der Waals surface area contributed by atoms with Gasteiger partial charge in [0.25, 0.3) is 0 Å². The van der Waals surface area contributed by atoms with E-state index >= 15 is 0 Å². The number of hydrogen-bond acceptors (Lipinski definition) is 5. The van der Waals surface area contributed by atoms with Crippen LogP contribution in [0.15, 0.2) is 28.8 Å². The van der Waals surface area contributed by atoms with E-state index in [-0.39, 0.29) is 17.7 Å². The number of amides is 2. The molecule has 3 rings (SSSR count). The van der Waals surface area contributed by atoms with Crippen molar-refractivity contribution in [3.8, 4) is 11.4 Å². The molecule has 1 fully saturated rings. The Morgan fingerprint density at radius 3 is 2.68 bits per heavy atom. The molecule has 7 nitrogen and oxygen atoms in total. The third-order valence-corrected chi connectivity index (χ3v) is 4.66. The predicted octanol–water partition coefficient (Wildman–Crippen LogP) is 1.70. The first-order chi connectivity index (χ1) is 12.0. The number of primary amides is 1. The van der Waals surface area contributed by atoms with E-state index in [4.69, 9.17) is 10.3 Å². The average Bonchev–Trinajstić information content (AvgIpc) is 3.09. The second-order valence-electron chi connectivity index (χ2n) is 6.38. The van der Waals surface area contributed by atoms with Crippen LogP contribution in [0.5, 0.6) is 0 Å². The minimum atomic E-state index is -0.276. The number of carbonyl (C=O) groups excluding carboxylic acids is 2. The van der Waals surface area contributed by atoms with Gasteiger partial charge in [-0.3, -0.25) is 9.59 Å². The Balaban J connectivity index is 1.53. The second-order valence-corrected chi connectivity index (χ2v) is 6.38. The molecule has 2 heterocycles. The van der Waals surface area contributed by atoms with Crippen LogP contribution < -0.4 is 5.73 Å². The van der Waals surface area contributed by atoms with Crippen molar-refractivity contribution in [2.75, 3.05) is 13.1 Å². The van der Waals surface area contributed by atoms with Gasteiger partial charge in [-0.05, 0) is 25.3 Å². The van der Waals surface area contributed by atoms with Gasteiger partial charge in [-0.15, -0.1) is 0 Å². The van der Waals surface area contributed by atoms with Gasteiger partial charge in [0.2, 0.25) is 23.5 Å². The molecule has 0 spiro atoms. The Morgan fingerprint density at radius 2 is 2.00 bits per heavy atom. The summed E-state index contributed by atoms with van der Waals surface area (Å²) < 4.78 is 5.27. The Kier molecular flexibility index (Phi) is 5.11. The molecule has 0 bridgehead atoms. The fraction of sp³-hybridized carbons (Fsp3) is 0.444. The minimum absolute atomic E-state index is 0.0403.